The summed E-state index contributed by atoms with van der Waals surface area (Å²) in [7, 11) is 3.29. The smallest absolute Gasteiger partial charge is 0.321 e. The van der Waals surface area contributed by atoms with E-state index in [2.05, 4.69) is 16.0 Å². The molecule has 186 valence electrons. The van der Waals surface area contributed by atoms with Gasteiger partial charge in [0, 0.05) is 37.1 Å². The first kappa shape index (κ1) is 24.7. The van der Waals surface area contributed by atoms with Crippen molar-refractivity contribution in [1.29, 1.82) is 0 Å². The lowest BCUT2D eigenvalue weighted by atomic mass is 9.99. The van der Waals surface area contributed by atoms with Gasteiger partial charge in [-0.3, -0.25) is 9.69 Å². The average molecular weight is 487 g/mol. The van der Waals surface area contributed by atoms with E-state index in [0.717, 1.165) is 22.5 Å². The summed E-state index contributed by atoms with van der Waals surface area (Å²) in [6.07, 6.45) is 0. The maximum Gasteiger partial charge on any atom is 0.321 e. The SMILES string of the molecule is CCOc1cc2c(cc1OCC)/C(=C(/Nc1ccc(N(C)C(=O)NC)cc1)c1ccccc1)C(=O)N2. The molecular weight excluding hydrogens is 456 g/mol. The van der Waals surface area contributed by atoms with Crippen molar-refractivity contribution in [2.45, 2.75) is 13.8 Å². The third-order valence-electron chi connectivity index (χ3n) is 5.78. The zero-order valence-corrected chi connectivity index (χ0v) is 20.8. The van der Waals surface area contributed by atoms with Crippen LogP contribution in [0.3, 0.4) is 0 Å². The van der Waals surface area contributed by atoms with Crippen LogP contribution in [0.25, 0.3) is 11.3 Å². The molecule has 0 bridgehead atoms. The van der Waals surface area contributed by atoms with Gasteiger partial charge in [-0.1, -0.05) is 30.3 Å². The van der Waals surface area contributed by atoms with E-state index in [0.29, 0.717) is 41.7 Å². The third kappa shape index (κ3) is 4.98. The van der Waals surface area contributed by atoms with Gasteiger partial charge in [-0.2, -0.15) is 0 Å². The standard InChI is InChI=1S/C28H30N4O4/c1-5-35-23-16-21-22(17-24(23)36-6-2)31-27(33)25(21)26(18-10-8-7-9-11-18)30-19-12-14-20(15-13-19)32(4)28(34)29-3/h7-17,30H,5-6H2,1-4H3,(H,29,34)(H,31,33)/b26-25-. The van der Waals surface area contributed by atoms with Gasteiger partial charge in [-0.15, -0.1) is 0 Å². The van der Waals surface area contributed by atoms with Gasteiger partial charge < -0.3 is 25.4 Å². The number of benzene rings is 3. The number of carbonyl (C=O) groups is 2. The van der Waals surface area contributed by atoms with Crippen LogP contribution in [-0.2, 0) is 4.79 Å². The first-order valence-corrected chi connectivity index (χ1v) is 11.8. The summed E-state index contributed by atoms with van der Waals surface area (Å²) in [4.78, 5) is 26.8. The van der Waals surface area contributed by atoms with Crippen LogP contribution in [-0.4, -0.2) is 39.2 Å². The number of hydrogen-bond donors (Lipinski definition) is 3. The van der Waals surface area contributed by atoms with E-state index in [4.69, 9.17) is 9.47 Å². The monoisotopic (exact) mass is 486 g/mol. The van der Waals surface area contributed by atoms with Crippen LogP contribution in [0.2, 0.25) is 0 Å². The van der Waals surface area contributed by atoms with Crippen molar-refractivity contribution in [3.63, 3.8) is 0 Å². The highest BCUT2D eigenvalue weighted by Crippen LogP contribution is 2.43. The lowest BCUT2D eigenvalue weighted by molar-refractivity contribution is -0.110. The Balaban J connectivity index is 1.80. The second kappa shape index (κ2) is 10.9. The zero-order chi connectivity index (χ0) is 25.7. The molecule has 0 saturated heterocycles. The number of rotatable bonds is 8. The Bertz CT molecular complexity index is 1290. The second-order valence-electron chi connectivity index (χ2n) is 8.07. The molecule has 0 fully saturated rings. The number of nitrogens with zero attached hydrogens (tertiary/aromatic N) is 1. The van der Waals surface area contributed by atoms with Crippen molar-refractivity contribution in [2.24, 2.45) is 0 Å². The van der Waals surface area contributed by atoms with Gasteiger partial charge in [-0.25, -0.2) is 4.79 Å². The summed E-state index contributed by atoms with van der Waals surface area (Å²) in [5, 5.41) is 9.02. The first-order chi connectivity index (χ1) is 17.5. The molecular formula is C28H30N4O4. The van der Waals surface area contributed by atoms with Crippen molar-refractivity contribution in [2.75, 3.05) is 42.8 Å². The maximum atomic E-state index is 13.3. The second-order valence-corrected chi connectivity index (χ2v) is 8.07. The summed E-state index contributed by atoms with van der Waals surface area (Å²) in [6, 6.07) is 20.6. The number of nitrogens with one attached hydrogen (secondary N) is 3. The molecule has 0 aliphatic carbocycles. The normalized spacial score (nSPS) is 13.4. The molecule has 36 heavy (non-hydrogen) atoms. The predicted octanol–water partition coefficient (Wildman–Crippen LogP) is 5.19. The number of anilines is 3. The highest BCUT2D eigenvalue weighted by molar-refractivity contribution is 6.37. The molecule has 8 heteroatoms. The lowest BCUT2D eigenvalue weighted by Crippen LogP contribution is -2.34. The molecule has 0 aromatic heterocycles. The van der Waals surface area contributed by atoms with Crippen LogP contribution < -0.4 is 30.3 Å². The summed E-state index contributed by atoms with van der Waals surface area (Å²) >= 11 is 0. The predicted molar refractivity (Wildman–Crippen MR) is 144 cm³/mol. The molecule has 0 atom stereocenters. The number of urea groups is 1. The lowest BCUT2D eigenvalue weighted by Gasteiger charge is -2.18. The van der Waals surface area contributed by atoms with E-state index in [1.165, 1.54) is 4.90 Å². The van der Waals surface area contributed by atoms with Gasteiger partial charge in [0.1, 0.15) is 0 Å². The van der Waals surface area contributed by atoms with Crippen LogP contribution in [0.4, 0.5) is 21.9 Å². The van der Waals surface area contributed by atoms with Gasteiger partial charge >= 0.3 is 6.03 Å². The highest BCUT2D eigenvalue weighted by Gasteiger charge is 2.30. The molecule has 1 aliphatic rings. The Hall–Kier alpha value is -4.46. The van der Waals surface area contributed by atoms with E-state index in [-0.39, 0.29) is 11.9 Å². The molecule has 8 nitrogen and oxygen atoms in total. The molecule has 3 N–H and O–H groups in total. The fourth-order valence-electron chi connectivity index (χ4n) is 4.04. The number of ether oxygens (including phenoxy) is 2. The number of hydrogen-bond acceptors (Lipinski definition) is 5. The van der Waals surface area contributed by atoms with Gasteiger partial charge in [-0.05, 0) is 49.7 Å². The van der Waals surface area contributed by atoms with Gasteiger partial charge in [0.25, 0.3) is 5.91 Å². The summed E-state index contributed by atoms with van der Waals surface area (Å²) in [6.45, 7) is 4.77. The molecule has 3 aromatic carbocycles. The number of fused-ring (bicyclic) bond motifs is 1. The van der Waals surface area contributed by atoms with Crippen LogP contribution in [0, 0.1) is 0 Å². The largest absolute Gasteiger partial charge is 0.490 e. The fourth-order valence-corrected chi connectivity index (χ4v) is 4.04. The van der Waals surface area contributed by atoms with E-state index in [9.17, 15) is 9.59 Å². The minimum Gasteiger partial charge on any atom is -0.490 e. The van der Waals surface area contributed by atoms with E-state index < -0.39 is 0 Å². The quantitative estimate of drug-likeness (QED) is 0.381. The molecule has 4 rings (SSSR count). The average Bonchev–Trinajstić information content (AvgIpc) is 3.22. The Morgan fingerprint density at radius 3 is 2.19 bits per heavy atom. The highest BCUT2D eigenvalue weighted by atomic mass is 16.5. The van der Waals surface area contributed by atoms with Crippen molar-refractivity contribution in [3.8, 4) is 11.5 Å². The van der Waals surface area contributed by atoms with Gasteiger partial charge in [0.05, 0.1) is 30.2 Å². The van der Waals surface area contributed by atoms with E-state index >= 15 is 0 Å². The van der Waals surface area contributed by atoms with Crippen LogP contribution in [0.5, 0.6) is 11.5 Å². The molecule has 1 aliphatic heterocycles. The van der Waals surface area contributed by atoms with Gasteiger partial charge in [0.2, 0.25) is 0 Å². The molecule has 3 aromatic rings. The van der Waals surface area contributed by atoms with Crippen LogP contribution in [0.15, 0.2) is 66.7 Å². The van der Waals surface area contributed by atoms with E-state index in [1.54, 1.807) is 20.2 Å². The van der Waals surface area contributed by atoms with Crippen molar-refractivity contribution >= 4 is 40.3 Å². The number of amides is 3. The Morgan fingerprint density at radius 2 is 1.58 bits per heavy atom. The first-order valence-electron chi connectivity index (χ1n) is 11.8. The maximum absolute atomic E-state index is 13.3. The minimum absolute atomic E-state index is 0.210. The third-order valence-corrected chi connectivity index (χ3v) is 5.78. The van der Waals surface area contributed by atoms with Crippen molar-refractivity contribution < 1.29 is 19.1 Å². The Kier molecular flexibility index (Phi) is 7.44. The molecule has 1 heterocycles. The van der Waals surface area contributed by atoms with Crippen LogP contribution in [0.1, 0.15) is 25.0 Å². The molecule has 0 saturated carbocycles. The van der Waals surface area contributed by atoms with E-state index in [1.807, 2.05) is 74.5 Å². The Labute approximate surface area is 210 Å². The van der Waals surface area contributed by atoms with Crippen LogP contribution >= 0.6 is 0 Å². The number of carbonyl (C=O) groups excluding carboxylic acids is 2. The topological polar surface area (TPSA) is 91.9 Å². The van der Waals surface area contributed by atoms with Gasteiger partial charge in [0.15, 0.2) is 11.5 Å². The Morgan fingerprint density at radius 1 is 0.944 bits per heavy atom. The minimum atomic E-state index is -0.219. The molecule has 0 spiro atoms. The molecule has 0 radical (unpaired) electrons. The zero-order valence-electron chi connectivity index (χ0n) is 20.8. The fraction of sp³-hybridized carbons (Fsp3) is 0.214. The van der Waals surface area contributed by atoms with Crippen molar-refractivity contribution in [3.05, 3.63) is 77.9 Å². The summed E-state index contributed by atoms with van der Waals surface area (Å²) in [5.41, 5.74) is 4.93. The molecule has 3 amide bonds. The summed E-state index contributed by atoms with van der Waals surface area (Å²) in [5.74, 6) is 0.953. The molecule has 0 unspecified atom stereocenters. The summed E-state index contributed by atoms with van der Waals surface area (Å²) < 4.78 is 11.6. The van der Waals surface area contributed by atoms with Crippen molar-refractivity contribution in [1.82, 2.24) is 5.32 Å².